The minimum absolute atomic E-state index is 0.609. The summed E-state index contributed by atoms with van der Waals surface area (Å²) >= 11 is 0. The van der Waals surface area contributed by atoms with Crippen LogP contribution in [-0.4, -0.2) is 6.21 Å². The Morgan fingerprint density at radius 3 is 2.23 bits per heavy atom. The molecule has 0 aliphatic carbocycles. The molecule has 0 aromatic heterocycles. The molecule has 0 atom stereocenters. The highest BCUT2D eigenvalue weighted by molar-refractivity contribution is 5.75. The number of aliphatic imine (C=N–C) groups is 1. The first kappa shape index (κ1) is 19.5. The van der Waals surface area contributed by atoms with E-state index in [1.54, 1.807) is 6.21 Å². The summed E-state index contributed by atoms with van der Waals surface area (Å²) in [4.78, 5) is 4.35. The highest BCUT2D eigenvalue weighted by Crippen LogP contribution is 2.23. The quantitative estimate of drug-likeness (QED) is 0.590. The maximum absolute atomic E-state index is 4.35. The average Bonchev–Trinajstić information content (AvgIpc) is 2.60. The summed E-state index contributed by atoms with van der Waals surface area (Å²) in [6, 6.07) is 12.6. The van der Waals surface area contributed by atoms with Crippen molar-refractivity contribution < 1.29 is 0 Å². The molecule has 26 heavy (non-hydrogen) atoms. The van der Waals surface area contributed by atoms with Crippen LogP contribution in [0, 0.1) is 20.8 Å². The first-order valence-corrected chi connectivity index (χ1v) is 8.99. The van der Waals surface area contributed by atoms with E-state index in [-0.39, 0.29) is 0 Å². The molecule has 0 radical (unpaired) electrons. The Bertz CT molecular complexity index is 804. The van der Waals surface area contributed by atoms with Gasteiger partial charge in [0.2, 0.25) is 0 Å². The normalized spacial score (nSPS) is 11.7. The van der Waals surface area contributed by atoms with E-state index in [0.29, 0.717) is 5.82 Å². The summed E-state index contributed by atoms with van der Waals surface area (Å²) in [5.74, 6) is 0.609. The van der Waals surface area contributed by atoms with Crippen LogP contribution >= 0.6 is 0 Å². The molecule has 3 nitrogen and oxygen atoms in total. The fraction of sp³-hybridized carbons (Fsp3) is 0.261. The van der Waals surface area contributed by atoms with Crippen LogP contribution < -0.4 is 10.6 Å². The van der Waals surface area contributed by atoms with Gasteiger partial charge in [0, 0.05) is 23.3 Å². The fourth-order valence-corrected chi connectivity index (χ4v) is 2.77. The lowest BCUT2D eigenvalue weighted by Crippen LogP contribution is -2.02. The van der Waals surface area contributed by atoms with Gasteiger partial charge in [0.1, 0.15) is 5.82 Å². The molecule has 0 saturated heterocycles. The number of nitrogens with one attached hydrogen (secondary N) is 2. The van der Waals surface area contributed by atoms with Gasteiger partial charge in [-0.15, -0.1) is 0 Å². The van der Waals surface area contributed by atoms with E-state index < -0.39 is 0 Å². The lowest BCUT2D eigenvalue weighted by Gasteiger charge is -2.14. The Hall–Kier alpha value is -2.81. The number of rotatable bonds is 7. The third kappa shape index (κ3) is 5.62. The lowest BCUT2D eigenvalue weighted by atomic mass is 10.0. The van der Waals surface area contributed by atoms with E-state index in [0.717, 1.165) is 17.8 Å². The summed E-state index contributed by atoms with van der Waals surface area (Å²) in [5.41, 5.74) is 8.31. The number of allylic oxidation sites excluding steroid dienone is 2. The third-order valence-electron chi connectivity index (χ3n) is 4.22. The second kappa shape index (κ2) is 9.04. The largest absolute Gasteiger partial charge is 0.359 e. The molecule has 2 aromatic carbocycles. The molecular weight excluding hydrogens is 318 g/mol. The number of anilines is 2. The van der Waals surface area contributed by atoms with Gasteiger partial charge >= 0.3 is 0 Å². The molecule has 0 fully saturated rings. The van der Waals surface area contributed by atoms with Crippen molar-refractivity contribution in [2.24, 2.45) is 4.99 Å². The van der Waals surface area contributed by atoms with E-state index in [1.165, 1.54) is 27.9 Å². The summed E-state index contributed by atoms with van der Waals surface area (Å²) in [6.45, 7) is 14.5. The van der Waals surface area contributed by atoms with Crippen LogP contribution in [0.3, 0.4) is 0 Å². The molecule has 0 unspecified atom stereocenters. The number of benzene rings is 2. The molecule has 136 valence electrons. The molecule has 0 amide bonds. The van der Waals surface area contributed by atoms with Crippen LogP contribution in [0.15, 0.2) is 65.6 Å². The molecule has 0 heterocycles. The lowest BCUT2D eigenvalue weighted by molar-refractivity contribution is 1.12. The van der Waals surface area contributed by atoms with Crippen LogP contribution in [0.1, 0.15) is 36.1 Å². The number of nitrogens with zero attached hydrogens (tertiary/aromatic N) is 1. The van der Waals surface area contributed by atoms with Crippen LogP contribution in [0.25, 0.3) is 0 Å². The van der Waals surface area contributed by atoms with E-state index in [2.05, 4.69) is 74.2 Å². The van der Waals surface area contributed by atoms with Crippen LogP contribution in [-0.2, 0) is 6.42 Å². The molecular formula is C23H29N3. The molecule has 0 aliphatic rings. The zero-order valence-corrected chi connectivity index (χ0v) is 16.5. The van der Waals surface area contributed by atoms with Crippen LogP contribution in [0.2, 0.25) is 0 Å². The van der Waals surface area contributed by atoms with E-state index in [1.807, 2.05) is 25.1 Å². The minimum atomic E-state index is 0.609. The highest BCUT2D eigenvalue weighted by atomic mass is 15.0. The first-order valence-electron chi connectivity index (χ1n) is 8.99. The minimum Gasteiger partial charge on any atom is -0.359 e. The van der Waals surface area contributed by atoms with Crippen molar-refractivity contribution in [3.8, 4) is 0 Å². The van der Waals surface area contributed by atoms with E-state index in [4.69, 9.17) is 0 Å². The van der Waals surface area contributed by atoms with Gasteiger partial charge in [-0.3, -0.25) is 0 Å². The van der Waals surface area contributed by atoms with Crippen molar-refractivity contribution in [1.29, 1.82) is 0 Å². The standard InChI is InChI=1S/C23H29N3/c1-7-21-14-17(3)23(18(4)15-21)25-19(5)12-13-24-20(6)26-22-10-8-16(2)9-11-22/h8-15,25-26H,6-7H2,1-5H3/b19-12+,24-13-. The Morgan fingerprint density at radius 1 is 1.04 bits per heavy atom. The van der Waals surface area contributed by atoms with Crippen molar-refractivity contribution in [3.05, 3.63) is 82.8 Å². The zero-order chi connectivity index (χ0) is 19.1. The maximum atomic E-state index is 4.35. The molecule has 0 saturated carbocycles. The fourth-order valence-electron chi connectivity index (χ4n) is 2.77. The van der Waals surface area contributed by atoms with Crippen LogP contribution in [0.5, 0.6) is 0 Å². The smallest absolute Gasteiger partial charge is 0.122 e. The van der Waals surface area contributed by atoms with E-state index in [9.17, 15) is 0 Å². The molecule has 3 heteroatoms. The second-order valence-corrected chi connectivity index (χ2v) is 6.65. The second-order valence-electron chi connectivity index (χ2n) is 6.65. The molecule has 2 rings (SSSR count). The van der Waals surface area contributed by atoms with E-state index >= 15 is 0 Å². The van der Waals surface area contributed by atoms with Crippen molar-refractivity contribution in [1.82, 2.24) is 0 Å². The summed E-state index contributed by atoms with van der Waals surface area (Å²) in [5, 5.41) is 6.66. The summed E-state index contributed by atoms with van der Waals surface area (Å²) in [7, 11) is 0. The first-order chi connectivity index (χ1) is 12.4. The number of hydrogen-bond donors (Lipinski definition) is 2. The summed E-state index contributed by atoms with van der Waals surface area (Å²) < 4.78 is 0. The van der Waals surface area contributed by atoms with Crippen molar-refractivity contribution >= 4 is 17.6 Å². The highest BCUT2D eigenvalue weighted by Gasteiger charge is 2.04. The Morgan fingerprint density at radius 2 is 1.65 bits per heavy atom. The predicted molar refractivity (Wildman–Crippen MR) is 115 cm³/mol. The van der Waals surface area contributed by atoms with Gasteiger partial charge in [0.15, 0.2) is 0 Å². The molecule has 2 N–H and O–H groups in total. The average molecular weight is 348 g/mol. The van der Waals surface area contributed by atoms with Gasteiger partial charge in [-0.25, -0.2) is 4.99 Å². The predicted octanol–water partition coefficient (Wildman–Crippen LogP) is 6.14. The molecule has 0 spiro atoms. The monoisotopic (exact) mass is 347 g/mol. The maximum Gasteiger partial charge on any atom is 0.122 e. The van der Waals surface area contributed by atoms with Crippen molar-refractivity contribution in [3.63, 3.8) is 0 Å². The van der Waals surface area contributed by atoms with Crippen LogP contribution in [0.4, 0.5) is 11.4 Å². The number of hydrogen-bond acceptors (Lipinski definition) is 3. The van der Waals surface area contributed by atoms with Gasteiger partial charge in [0.05, 0.1) is 0 Å². The number of aryl methyl sites for hydroxylation is 4. The van der Waals surface area contributed by atoms with Crippen molar-refractivity contribution in [2.45, 2.75) is 41.0 Å². The molecule has 0 aliphatic heterocycles. The Balaban J connectivity index is 1.98. The zero-order valence-electron chi connectivity index (χ0n) is 16.5. The molecule has 2 aromatic rings. The van der Waals surface area contributed by atoms with Gasteiger partial charge in [-0.05, 0) is 69.0 Å². The van der Waals surface area contributed by atoms with Gasteiger partial charge < -0.3 is 10.6 Å². The van der Waals surface area contributed by atoms with Gasteiger partial charge in [-0.2, -0.15) is 0 Å². The SMILES string of the molecule is C=C(/N=C\C=C(/C)Nc1c(C)cc(CC)cc1C)Nc1ccc(C)cc1. The van der Waals surface area contributed by atoms with Crippen molar-refractivity contribution in [2.75, 3.05) is 10.6 Å². The van der Waals surface area contributed by atoms with Gasteiger partial charge in [0.25, 0.3) is 0 Å². The summed E-state index contributed by atoms with van der Waals surface area (Å²) in [6.07, 6.45) is 4.77. The Labute approximate surface area is 157 Å². The molecule has 0 bridgehead atoms. The Kier molecular flexibility index (Phi) is 6.79. The third-order valence-corrected chi connectivity index (χ3v) is 4.22. The van der Waals surface area contributed by atoms with Gasteiger partial charge in [-0.1, -0.05) is 43.3 Å². The topological polar surface area (TPSA) is 36.4 Å².